The smallest absolute Gasteiger partial charge is 0.337 e. The number of fused-ring (bicyclic) bond motifs is 1. The van der Waals surface area contributed by atoms with Gasteiger partial charge in [-0.05, 0) is 67.5 Å². The molecule has 0 amide bonds. The summed E-state index contributed by atoms with van der Waals surface area (Å²) in [6.45, 7) is 1.73. The van der Waals surface area contributed by atoms with Crippen molar-refractivity contribution in [2.75, 3.05) is 30.4 Å². The molecular formula is C22H22ClN5O2S. The number of ether oxygens (including phenoxy) is 1. The second-order valence-corrected chi connectivity index (χ2v) is 8.13. The molecule has 1 saturated heterocycles. The summed E-state index contributed by atoms with van der Waals surface area (Å²) >= 11 is 11.6. The van der Waals surface area contributed by atoms with E-state index in [2.05, 4.69) is 25.5 Å². The fraction of sp³-hybridized carbons (Fsp3) is 0.273. The van der Waals surface area contributed by atoms with E-state index >= 15 is 0 Å². The number of nitrogens with zero attached hydrogens (tertiary/aromatic N) is 3. The highest BCUT2D eigenvalue weighted by Crippen LogP contribution is 2.27. The fourth-order valence-corrected chi connectivity index (χ4v) is 4.11. The van der Waals surface area contributed by atoms with Crippen LogP contribution < -0.4 is 15.5 Å². The molecule has 0 unspecified atom stereocenters. The van der Waals surface area contributed by atoms with Crippen molar-refractivity contribution in [1.29, 1.82) is 0 Å². The number of halogens is 1. The minimum absolute atomic E-state index is 0.271. The molecule has 1 aliphatic heterocycles. The van der Waals surface area contributed by atoms with Crippen LogP contribution in [0.15, 0.2) is 48.8 Å². The first-order chi connectivity index (χ1) is 15.0. The molecular weight excluding hydrogens is 434 g/mol. The van der Waals surface area contributed by atoms with Gasteiger partial charge in [0.15, 0.2) is 5.11 Å². The summed E-state index contributed by atoms with van der Waals surface area (Å²) in [5, 5.41) is 8.79. The van der Waals surface area contributed by atoms with Crippen molar-refractivity contribution in [1.82, 2.24) is 15.3 Å². The number of benzene rings is 2. The van der Waals surface area contributed by atoms with Gasteiger partial charge in [0.1, 0.15) is 12.1 Å². The summed E-state index contributed by atoms with van der Waals surface area (Å²) in [5.41, 5.74) is 2.16. The van der Waals surface area contributed by atoms with Gasteiger partial charge >= 0.3 is 5.97 Å². The summed E-state index contributed by atoms with van der Waals surface area (Å²) in [6, 6.07) is 13.0. The average Bonchev–Trinajstić information content (AvgIpc) is 2.79. The first-order valence-corrected chi connectivity index (χ1v) is 10.7. The van der Waals surface area contributed by atoms with Gasteiger partial charge in [-0.25, -0.2) is 14.8 Å². The van der Waals surface area contributed by atoms with Gasteiger partial charge in [-0.3, -0.25) is 0 Å². The van der Waals surface area contributed by atoms with Gasteiger partial charge in [0, 0.05) is 35.2 Å². The molecule has 3 aromatic rings. The third-order valence-electron chi connectivity index (χ3n) is 5.27. The van der Waals surface area contributed by atoms with E-state index in [9.17, 15) is 4.79 Å². The number of nitrogens with one attached hydrogen (secondary N) is 2. The number of anilines is 2. The van der Waals surface area contributed by atoms with Crippen LogP contribution >= 0.6 is 23.8 Å². The van der Waals surface area contributed by atoms with Crippen LogP contribution in [0.5, 0.6) is 0 Å². The van der Waals surface area contributed by atoms with Gasteiger partial charge in [-0.15, -0.1) is 0 Å². The number of rotatable bonds is 4. The Morgan fingerprint density at radius 1 is 1.16 bits per heavy atom. The van der Waals surface area contributed by atoms with E-state index in [-0.39, 0.29) is 12.0 Å². The largest absolute Gasteiger partial charge is 0.465 e. The lowest BCUT2D eigenvalue weighted by Crippen LogP contribution is -2.46. The molecule has 0 bridgehead atoms. The molecule has 2 N–H and O–H groups in total. The summed E-state index contributed by atoms with van der Waals surface area (Å²) in [4.78, 5) is 22.6. The van der Waals surface area contributed by atoms with Crippen molar-refractivity contribution in [2.24, 2.45) is 0 Å². The first kappa shape index (κ1) is 21.3. The first-order valence-electron chi connectivity index (χ1n) is 9.94. The van der Waals surface area contributed by atoms with Crippen LogP contribution in [-0.4, -0.2) is 47.3 Å². The van der Waals surface area contributed by atoms with Crippen molar-refractivity contribution < 1.29 is 9.53 Å². The summed E-state index contributed by atoms with van der Waals surface area (Å²) in [5.74, 6) is 0.574. The molecule has 0 saturated carbocycles. The van der Waals surface area contributed by atoms with E-state index in [0.29, 0.717) is 15.7 Å². The Hall–Kier alpha value is -2.97. The van der Waals surface area contributed by atoms with Crippen LogP contribution in [0, 0.1) is 0 Å². The number of hydrogen-bond donors (Lipinski definition) is 2. The molecule has 160 valence electrons. The topological polar surface area (TPSA) is 79.4 Å². The second-order valence-electron chi connectivity index (χ2n) is 7.29. The maximum Gasteiger partial charge on any atom is 0.337 e. The molecule has 0 radical (unpaired) electrons. The zero-order valence-electron chi connectivity index (χ0n) is 17.0. The zero-order valence-corrected chi connectivity index (χ0v) is 18.5. The van der Waals surface area contributed by atoms with E-state index in [4.69, 9.17) is 28.6 Å². The highest BCUT2D eigenvalue weighted by Gasteiger charge is 2.22. The van der Waals surface area contributed by atoms with Crippen LogP contribution in [0.4, 0.5) is 11.5 Å². The molecule has 0 spiro atoms. The zero-order chi connectivity index (χ0) is 21.8. The van der Waals surface area contributed by atoms with Crippen molar-refractivity contribution in [3.05, 3.63) is 59.4 Å². The second kappa shape index (κ2) is 9.45. The monoisotopic (exact) mass is 455 g/mol. The van der Waals surface area contributed by atoms with Gasteiger partial charge in [-0.1, -0.05) is 11.6 Å². The van der Waals surface area contributed by atoms with Crippen LogP contribution in [-0.2, 0) is 4.74 Å². The molecule has 1 aliphatic rings. The molecule has 9 heteroatoms. The maximum atomic E-state index is 11.5. The van der Waals surface area contributed by atoms with Crippen LogP contribution in [0.3, 0.4) is 0 Å². The number of carbonyl (C=O) groups is 1. The third-order valence-corrected chi connectivity index (χ3v) is 5.73. The van der Waals surface area contributed by atoms with E-state index in [0.717, 1.165) is 48.3 Å². The predicted octanol–water partition coefficient (Wildman–Crippen LogP) is 4.03. The number of esters is 1. The van der Waals surface area contributed by atoms with Crippen LogP contribution in [0.1, 0.15) is 23.2 Å². The SMILES string of the molecule is COC(=O)c1ccc(NC(=S)NC2CCN(c3ncnc4cc(Cl)ccc34)CC2)cc1. The Kier molecular flexibility index (Phi) is 6.48. The average molecular weight is 456 g/mol. The maximum absolute atomic E-state index is 11.5. The molecule has 1 aromatic heterocycles. The Morgan fingerprint density at radius 2 is 1.90 bits per heavy atom. The van der Waals surface area contributed by atoms with Crippen molar-refractivity contribution in [3.63, 3.8) is 0 Å². The fourth-order valence-electron chi connectivity index (χ4n) is 3.66. The predicted molar refractivity (Wildman–Crippen MR) is 127 cm³/mol. The highest BCUT2D eigenvalue weighted by molar-refractivity contribution is 7.80. The Morgan fingerprint density at radius 3 is 2.61 bits per heavy atom. The van der Waals surface area contributed by atoms with E-state index in [1.54, 1.807) is 30.6 Å². The van der Waals surface area contributed by atoms with Gasteiger partial charge in [-0.2, -0.15) is 0 Å². The molecule has 0 aliphatic carbocycles. The molecule has 2 heterocycles. The summed E-state index contributed by atoms with van der Waals surface area (Å²) < 4.78 is 4.71. The molecule has 7 nitrogen and oxygen atoms in total. The number of methoxy groups -OCH3 is 1. The number of thiocarbonyl (C=S) groups is 1. The van der Waals surface area contributed by atoms with E-state index in [1.165, 1.54) is 7.11 Å². The third kappa shape index (κ3) is 5.03. The lowest BCUT2D eigenvalue weighted by Gasteiger charge is -2.34. The number of piperidine rings is 1. The highest BCUT2D eigenvalue weighted by atomic mass is 35.5. The molecule has 2 aromatic carbocycles. The quantitative estimate of drug-likeness (QED) is 0.451. The van der Waals surface area contributed by atoms with Crippen LogP contribution in [0.25, 0.3) is 10.9 Å². The Balaban J connectivity index is 1.32. The van der Waals surface area contributed by atoms with Crippen molar-refractivity contribution >= 4 is 57.3 Å². The number of aromatic nitrogens is 2. The van der Waals surface area contributed by atoms with Gasteiger partial charge in [0.2, 0.25) is 0 Å². The normalized spacial score (nSPS) is 14.3. The number of hydrogen-bond acceptors (Lipinski definition) is 6. The summed E-state index contributed by atoms with van der Waals surface area (Å²) in [7, 11) is 1.36. The Labute approximate surface area is 190 Å². The number of carbonyl (C=O) groups excluding carboxylic acids is 1. The van der Waals surface area contributed by atoms with Crippen molar-refractivity contribution in [3.8, 4) is 0 Å². The molecule has 1 fully saturated rings. The summed E-state index contributed by atoms with van der Waals surface area (Å²) in [6.07, 6.45) is 3.45. The molecule has 31 heavy (non-hydrogen) atoms. The molecule has 0 atom stereocenters. The lowest BCUT2D eigenvalue weighted by molar-refractivity contribution is 0.0601. The van der Waals surface area contributed by atoms with E-state index < -0.39 is 0 Å². The van der Waals surface area contributed by atoms with E-state index in [1.807, 2.05) is 18.2 Å². The lowest BCUT2D eigenvalue weighted by atomic mass is 10.0. The van der Waals surface area contributed by atoms with Crippen LogP contribution in [0.2, 0.25) is 5.02 Å². The molecule has 4 rings (SSSR count). The standard InChI is InChI=1S/C22H22ClN5O2S/c1-30-21(29)14-2-5-16(6-3-14)26-22(31)27-17-8-10-28(11-9-17)20-18-7-4-15(23)12-19(18)24-13-25-20/h2-7,12-13,17H,8-11H2,1H3,(H2,26,27,31). The van der Waals surface area contributed by atoms with Gasteiger partial charge in [0.25, 0.3) is 0 Å². The van der Waals surface area contributed by atoms with Gasteiger partial charge < -0.3 is 20.3 Å². The van der Waals surface area contributed by atoms with Crippen molar-refractivity contribution in [2.45, 2.75) is 18.9 Å². The Bertz CT molecular complexity index is 1100. The minimum atomic E-state index is -0.362. The van der Waals surface area contributed by atoms with Gasteiger partial charge in [0.05, 0.1) is 18.2 Å². The minimum Gasteiger partial charge on any atom is -0.465 e.